The van der Waals surface area contributed by atoms with Crippen LogP contribution < -0.4 is 10.1 Å². The van der Waals surface area contributed by atoms with Gasteiger partial charge in [0.1, 0.15) is 5.75 Å². The third kappa shape index (κ3) is 5.92. The Morgan fingerprint density at radius 3 is 2.45 bits per heavy atom. The average molecular weight is 453 g/mol. The van der Waals surface area contributed by atoms with Gasteiger partial charge in [0.05, 0.1) is 19.1 Å². The van der Waals surface area contributed by atoms with Crippen molar-refractivity contribution in [2.24, 2.45) is 5.92 Å². The van der Waals surface area contributed by atoms with E-state index in [4.69, 9.17) is 9.47 Å². The number of benzene rings is 2. The lowest BCUT2D eigenvalue weighted by Crippen LogP contribution is -2.32. The van der Waals surface area contributed by atoms with Crippen LogP contribution in [0.2, 0.25) is 0 Å². The van der Waals surface area contributed by atoms with E-state index in [0.29, 0.717) is 18.0 Å². The normalized spacial score (nSPS) is 17.7. The number of ether oxygens (including phenoxy) is 2. The van der Waals surface area contributed by atoms with Crippen LogP contribution in [0.3, 0.4) is 0 Å². The van der Waals surface area contributed by atoms with Crippen LogP contribution in [0.15, 0.2) is 42.5 Å². The molecule has 2 atom stereocenters. The lowest BCUT2D eigenvalue weighted by atomic mass is 9.93. The van der Waals surface area contributed by atoms with Crippen molar-refractivity contribution in [1.29, 1.82) is 0 Å². The van der Waals surface area contributed by atoms with E-state index in [1.165, 1.54) is 0 Å². The summed E-state index contributed by atoms with van der Waals surface area (Å²) in [5.74, 6) is -1.01. The fraction of sp³-hybridized carbons (Fsp3) is 0.423. The second-order valence-electron chi connectivity index (χ2n) is 8.42. The van der Waals surface area contributed by atoms with Crippen LogP contribution >= 0.6 is 0 Å². The van der Waals surface area contributed by atoms with Gasteiger partial charge in [-0.15, -0.1) is 0 Å². The van der Waals surface area contributed by atoms with Crippen LogP contribution in [0.1, 0.15) is 48.9 Å². The number of likely N-dealkylation sites (tertiary alicyclic amines) is 1. The summed E-state index contributed by atoms with van der Waals surface area (Å²) < 4.78 is 10.6. The summed E-state index contributed by atoms with van der Waals surface area (Å²) in [7, 11) is 1.59. The zero-order valence-corrected chi connectivity index (χ0v) is 19.7. The molecule has 0 bridgehead atoms. The van der Waals surface area contributed by atoms with Crippen LogP contribution in [0.4, 0.5) is 5.69 Å². The first-order valence-corrected chi connectivity index (χ1v) is 11.3. The molecule has 0 saturated carbocycles. The average Bonchev–Trinajstić information content (AvgIpc) is 3.14. The number of amides is 2. The van der Waals surface area contributed by atoms with Gasteiger partial charge in [0, 0.05) is 18.7 Å². The SMILES string of the molecule is CCCCN1C(=O)CC(C(=O)OCC(=O)Nc2ccc(C)c(C)c2)C1c1ccc(OC)cc1. The Morgan fingerprint density at radius 2 is 1.82 bits per heavy atom. The molecule has 2 aromatic rings. The molecule has 0 aromatic heterocycles. The van der Waals surface area contributed by atoms with E-state index in [-0.39, 0.29) is 12.3 Å². The molecule has 1 aliphatic heterocycles. The molecule has 0 radical (unpaired) electrons. The molecule has 2 aromatic carbocycles. The summed E-state index contributed by atoms with van der Waals surface area (Å²) >= 11 is 0. The molecule has 7 heteroatoms. The summed E-state index contributed by atoms with van der Waals surface area (Å²) in [6.07, 6.45) is 1.85. The Balaban J connectivity index is 1.69. The van der Waals surface area contributed by atoms with Gasteiger partial charge in [-0.2, -0.15) is 0 Å². The van der Waals surface area contributed by atoms with E-state index in [9.17, 15) is 14.4 Å². The van der Waals surface area contributed by atoms with Crippen molar-refractivity contribution in [2.45, 2.75) is 46.1 Å². The molecule has 176 valence electrons. The van der Waals surface area contributed by atoms with Gasteiger partial charge in [-0.3, -0.25) is 14.4 Å². The molecular weight excluding hydrogens is 420 g/mol. The maximum atomic E-state index is 13.0. The van der Waals surface area contributed by atoms with Crippen LogP contribution in [-0.2, 0) is 19.1 Å². The number of hydrogen-bond donors (Lipinski definition) is 1. The first-order valence-electron chi connectivity index (χ1n) is 11.3. The number of esters is 1. The van der Waals surface area contributed by atoms with Gasteiger partial charge in [-0.25, -0.2) is 0 Å². The monoisotopic (exact) mass is 452 g/mol. The number of carbonyl (C=O) groups is 3. The molecule has 1 fully saturated rings. The first kappa shape index (κ1) is 24.3. The number of unbranched alkanes of at least 4 members (excludes halogenated alkanes) is 1. The Hall–Kier alpha value is -3.35. The van der Waals surface area contributed by atoms with Crippen LogP contribution in [-0.4, -0.2) is 42.9 Å². The molecule has 0 aliphatic carbocycles. The number of rotatable bonds is 9. The number of hydrogen-bond acceptors (Lipinski definition) is 5. The Kier molecular flexibility index (Phi) is 8.09. The highest BCUT2D eigenvalue weighted by atomic mass is 16.5. The summed E-state index contributed by atoms with van der Waals surface area (Å²) in [6, 6.07) is 12.5. The maximum Gasteiger partial charge on any atom is 0.312 e. The zero-order chi connectivity index (χ0) is 24.0. The molecule has 1 N–H and O–H groups in total. The lowest BCUT2D eigenvalue weighted by Gasteiger charge is -2.28. The molecule has 1 saturated heterocycles. The molecule has 1 aliphatic rings. The molecule has 1 heterocycles. The van der Waals surface area contributed by atoms with Crippen molar-refractivity contribution < 1.29 is 23.9 Å². The van der Waals surface area contributed by atoms with Gasteiger partial charge in [0.2, 0.25) is 5.91 Å². The Labute approximate surface area is 195 Å². The number of methoxy groups -OCH3 is 1. The summed E-state index contributed by atoms with van der Waals surface area (Å²) in [4.78, 5) is 39.8. The first-order chi connectivity index (χ1) is 15.8. The summed E-state index contributed by atoms with van der Waals surface area (Å²) in [5, 5.41) is 2.75. The van der Waals surface area contributed by atoms with E-state index < -0.39 is 30.4 Å². The summed E-state index contributed by atoms with van der Waals surface area (Å²) in [6.45, 7) is 6.19. The predicted octanol–water partition coefficient (Wildman–Crippen LogP) is 4.18. The highest BCUT2D eigenvalue weighted by molar-refractivity contribution is 5.94. The summed E-state index contributed by atoms with van der Waals surface area (Å²) in [5.41, 5.74) is 3.68. The van der Waals surface area contributed by atoms with Crippen LogP contribution in [0.5, 0.6) is 5.75 Å². The molecule has 3 rings (SSSR count). The highest BCUT2D eigenvalue weighted by Crippen LogP contribution is 2.39. The van der Waals surface area contributed by atoms with E-state index in [1.54, 1.807) is 12.0 Å². The molecule has 33 heavy (non-hydrogen) atoms. The molecule has 0 spiro atoms. The highest BCUT2D eigenvalue weighted by Gasteiger charge is 2.45. The van der Waals surface area contributed by atoms with Crippen LogP contribution in [0, 0.1) is 19.8 Å². The third-order valence-corrected chi connectivity index (χ3v) is 6.08. The standard InChI is InChI=1S/C26H32N2O5/c1-5-6-13-28-24(30)15-22(25(28)19-8-11-21(32-4)12-9-19)26(31)33-16-23(29)27-20-10-7-17(2)18(3)14-20/h7-12,14,22,25H,5-6,13,15-16H2,1-4H3,(H,27,29). The van der Waals surface area contributed by atoms with Crippen molar-refractivity contribution in [3.05, 3.63) is 59.2 Å². The van der Waals surface area contributed by atoms with E-state index in [2.05, 4.69) is 12.2 Å². The molecular formula is C26H32N2O5. The van der Waals surface area contributed by atoms with Crippen molar-refractivity contribution in [1.82, 2.24) is 4.90 Å². The molecule has 2 unspecified atom stereocenters. The minimum atomic E-state index is -0.669. The Morgan fingerprint density at radius 1 is 1.09 bits per heavy atom. The van der Waals surface area contributed by atoms with Crippen molar-refractivity contribution in [3.8, 4) is 5.75 Å². The minimum absolute atomic E-state index is 0.0675. The van der Waals surface area contributed by atoms with Crippen molar-refractivity contribution in [2.75, 3.05) is 25.6 Å². The lowest BCUT2D eigenvalue weighted by molar-refractivity contribution is -0.152. The molecule has 7 nitrogen and oxygen atoms in total. The molecule has 2 amide bonds. The number of aryl methyl sites for hydroxylation is 2. The van der Waals surface area contributed by atoms with E-state index in [0.717, 1.165) is 29.5 Å². The maximum absolute atomic E-state index is 13.0. The largest absolute Gasteiger partial charge is 0.497 e. The minimum Gasteiger partial charge on any atom is -0.497 e. The number of carbonyl (C=O) groups excluding carboxylic acids is 3. The quantitative estimate of drug-likeness (QED) is 0.577. The van der Waals surface area contributed by atoms with Crippen LogP contribution in [0.25, 0.3) is 0 Å². The third-order valence-electron chi connectivity index (χ3n) is 6.08. The van der Waals surface area contributed by atoms with Gasteiger partial charge in [-0.05, 0) is 61.2 Å². The number of nitrogens with zero attached hydrogens (tertiary/aromatic N) is 1. The second-order valence-corrected chi connectivity index (χ2v) is 8.42. The van der Waals surface area contributed by atoms with E-state index in [1.807, 2.05) is 56.3 Å². The number of anilines is 1. The fourth-order valence-corrected chi connectivity index (χ4v) is 4.07. The Bertz CT molecular complexity index is 1000. The number of nitrogens with one attached hydrogen (secondary N) is 1. The van der Waals surface area contributed by atoms with Gasteiger partial charge in [0.15, 0.2) is 6.61 Å². The van der Waals surface area contributed by atoms with Gasteiger partial charge >= 0.3 is 5.97 Å². The van der Waals surface area contributed by atoms with E-state index >= 15 is 0 Å². The predicted molar refractivity (Wildman–Crippen MR) is 126 cm³/mol. The van der Waals surface area contributed by atoms with Crippen molar-refractivity contribution in [3.63, 3.8) is 0 Å². The van der Waals surface area contributed by atoms with Gasteiger partial charge < -0.3 is 19.7 Å². The zero-order valence-electron chi connectivity index (χ0n) is 19.7. The second kappa shape index (κ2) is 11.0. The van der Waals surface area contributed by atoms with Crippen molar-refractivity contribution >= 4 is 23.5 Å². The topological polar surface area (TPSA) is 84.9 Å². The van der Waals surface area contributed by atoms with Gasteiger partial charge in [-0.1, -0.05) is 31.5 Å². The smallest absolute Gasteiger partial charge is 0.312 e. The fourth-order valence-electron chi connectivity index (χ4n) is 4.07. The van der Waals surface area contributed by atoms with Gasteiger partial charge in [0.25, 0.3) is 5.91 Å².